The average molecular weight is 575 g/mol. The van der Waals surface area contributed by atoms with Gasteiger partial charge in [-0.2, -0.15) is 5.26 Å². The number of hydrogen-bond donors (Lipinski definition) is 0. The van der Waals surface area contributed by atoms with Crippen molar-refractivity contribution in [2.75, 3.05) is 0 Å². The zero-order valence-electron chi connectivity index (χ0n) is 24.8. The molecule has 0 spiro atoms. The number of nitriles is 1. The summed E-state index contributed by atoms with van der Waals surface area (Å²) in [7, 11) is 0. The van der Waals surface area contributed by atoms with Crippen molar-refractivity contribution in [2.24, 2.45) is 0 Å². The molecule has 0 fully saturated rings. The maximum Gasteiger partial charge on any atom is 0.191 e. The molecule has 4 heteroatoms. The molecule has 1 aliphatic carbocycles. The predicted octanol–water partition coefficient (Wildman–Crippen LogP) is 10.6. The van der Waals surface area contributed by atoms with Crippen LogP contribution in [0.1, 0.15) is 30.5 Å². The van der Waals surface area contributed by atoms with Gasteiger partial charge in [0, 0.05) is 38.3 Å². The standard InChI is InChI=1S/C41H26N4/c1-41(2)35-13-7-4-10-29(35)32-22-34-31-12-6-9-15-38(31)45(40(34)23-36(32)41)28-20-26(43-3)19-27(21-28)44-37-14-8-5-11-30(37)33-18-25(24-42)16-17-39(33)44/h4-23H,1-2H3. The van der Waals surface area contributed by atoms with E-state index in [0.717, 1.165) is 44.2 Å². The van der Waals surface area contributed by atoms with Crippen molar-refractivity contribution in [1.29, 1.82) is 5.26 Å². The molecule has 0 saturated carbocycles. The van der Waals surface area contributed by atoms with Gasteiger partial charge in [0.15, 0.2) is 5.69 Å². The molecule has 0 amide bonds. The summed E-state index contributed by atoms with van der Waals surface area (Å²) >= 11 is 0. The molecule has 45 heavy (non-hydrogen) atoms. The number of rotatable bonds is 2. The lowest BCUT2D eigenvalue weighted by Crippen LogP contribution is -2.15. The van der Waals surface area contributed by atoms with Crippen molar-refractivity contribution in [3.05, 3.63) is 149 Å². The summed E-state index contributed by atoms with van der Waals surface area (Å²) in [6, 6.07) is 44.6. The van der Waals surface area contributed by atoms with Crippen LogP contribution in [0, 0.1) is 17.9 Å². The summed E-state index contributed by atoms with van der Waals surface area (Å²) in [6.07, 6.45) is 0. The Morgan fingerprint density at radius 2 is 1.18 bits per heavy atom. The molecule has 0 aliphatic heterocycles. The summed E-state index contributed by atoms with van der Waals surface area (Å²) in [5.41, 5.74) is 12.5. The Balaban J connectivity index is 1.37. The van der Waals surface area contributed by atoms with Gasteiger partial charge in [0.1, 0.15) is 0 Å². The highest BCUT2D eigenvalue weighted by atomic mass is 15.0. The molecule has 0 radical (unpaired) electrons. The molecule has 0 bridgehead atoms. The summed E-state index contributed by atoms with van der Waals surface area (Å²) in [4.78, 5) is 3.95. The summed E-state index contributed by atoms with van der Waals surface area (Å²) in [6.45, 7) is 12.7. The number of nitrogens with zero attached hydrogens (tertiary/aromatic N) is 4. The van der Waals surface area contributed by atoms with Crippen LogP contribution in [0.5, 0.6) is 0 Å². The minimum atomic E-state index is -0.129. The highest BCUT2D eigenvalue weighted by Crippen LogP contribution is 2.51. The Labute approximate surface area is 260 Å². The van der Waals surface area contributed by atoms with Gasteiger partial charge < -0.3 is 9.13 Å². The van der Waals surface area contributed by atoms with Gasteiger partial charge in [-0.25, -0.2) is 4.85 Å². The number of para-hydroxylation sites is 2. The van der Waals surface area contributed by atoms with E-state index in [-0.39, 0.29) is 5.41 Å². The topological polar surface area (TPSA) is 38.0 Å². The van der Waals surface area contributed by atoms with Gasteiger partial charge in [0.2, 0.25) is 0 Å². The lowest BCUT2D eigenvalue weighted by atomic mass is 9.82. The number of benzene rings is 6. The van der Waals surface area contributed by atoms with Crippen molar-refractivity contribution in [1.82, 2.24) is 9.13 Å². The normalized spacial score (nSPS) is 13.2. The van der Waals surface area contributed by atoms with E-state index in [1.165, 1.54) is 33.0 Å². The molecule has 2 aromatic heterocycles. The van der Waals surface area contributed by atoms with Crippen LogP contribution in [0.15, 0.2) is 121 Å². The molecule has 0 atom stereocenters. The van der Waals surface area contributed by atoms with E-state index in [0.29, 0.717) is 11.3 Å². The molecular weight excluding hydrogens is 548 g/mol. The fourth-order valence-corrected chi connectivity index (χ4v) is 7.66. The van der Waals surface area contributed by atoms with Crippen LogP contribution >= 0.6 is 0 Å². The second kappa shape index (κ2) is 8.96. The van der Waals surface area contributed by atoms with Crippen LogP contribution in [0.4, 0.5) is 5.69 Å². The van der Waals surface area contributed by atoms with Crippen molar-refractivity contribution >= 4 is 49.3 Å². The minimum absolute atomic E-state index is 0.129. The molecule has 2 heterocycles. The quantitative estimate of drug-likeness (QED) is 0.189. The second-order valence-corrected chi connectivity index (χ2v) is 12.5. The molecule has 4 nitrogen and oxygen atoms in total. The lowest BCUT2D eigenvalue weighted by Gasteiger charge is -2.21. The number of aromatic nitrogens is 2. The summed E-state index contributed by atoms with van der Waals surface area (Å²) in [5.74, 6) is 0. The maximum absolute atomic E-state index is 9.63. The molecule has 6 aromatic carbocycles. The van der Waals surface area contributed by atoms with Crippen LogP contribution in [0.25, 0.3) is 71.0 Å². The molecule has 8 aromatic rings. The Hall–Kier alpha value is -6.10. The van der Waals surface area contributed by atoms with Gasteiger partial charge >= 0.3 is 0 Å². The van der Waals surface area contributed by atoms with Gasteiger partial charge in [-0.15, -0.1) is 0 Å². The molecule has 9 rings (SSSR count). The number of fused-ring (bicyclic) bond motifs is 9. The van der Waals surface area contributed by atoms with E-state index in [1.54, 1.807) is 0 Å². The predicted molar refractivity (Wildman–Crippen MR) is 184 cm³/mol. The smallest absolute Gasteiger partial charge is 0.191 e. The Bertz CT molecular complexity index is 2650. The van der Waals surface area contributed by atoms with Crippen LogP contribution in [0.3, 0.4) is 0 Å². The van der Waals surface area contributed by atoms with Gasteiger partial charge in [-0.1, -0.05) is 74.5 Å². The third kappa shape index (κ3) is 3.40. The first-order chi connectivity index (χ1) is 22.0. The first-order valence-corrected chi connectivity index (χ1v) is 15.1. The lowest BCUT2D eigenvalue weighted by molar-refractivity contribution is 0.661. The van der Waals surface area contributed by atoms with Crippen molar-refractivity contribution < 1.29 is 0 Å². The zero-order valence-corrected chi connectivity index (χ0v) is 24.8. The molecular formula is C41H26N4. The van der Waals surface area contributed by atoms with E-state index in [1.807, 2.05) is 42.5 Å². The Kier molecular flexibility index (Phi) is 5.06. The molecule has 0 saturated heterocycles. The maximum atomic E-state index is 9.63. The Morgan fingerprint density at radius 3 is 1.87 bits per heavy atom. The van der Waals surface area contributed by atoms with Crippen LogP contribution < -0.4 is 0 Å². The van der Waals surface area contributed by atoms with Crippen molar-refractivity contribution in [3.63, 3.8) is 0 Å². The van der Waals surface area contributed by atoms with Gasteiger partial charge in [0.05, 0.1) is 40.3 Å². The molecule has 1 aliphatic rings. The van der Waals surface area contributed by atoms with Crippen LogP contribution in [-0.2, 0) is 5.41 Å². The molecule has 0 N–H and O–H groups in total. The second-order valence-electron chi connectivity index (χ2n) is 12.5. The average Bonchev–Trinajstić information content (AvgIpc) is 3.66. The third-order valence-electron chi connectivity index (χ3n) is 9.71. The Morgan fingerprint density at radius 1 is 0.578 bits per heavy atom. The highest BCUT2D eigenvalue weighted by Gasteiger charge is 2.36. The fourth-order valence-electron chi connectivity index (χ4n) is 7.66. The fraction of sp³-hybridized carbons (Fsp3) is 0.0732. The van der Waals surface area contributed by atoms with Crippen molar-refractivity contribution in [2.45, 2.75) is 19.3 Å². The van der Waals surface area contributed by atoms with E-state index >= 15 is 0 Å². The SMILES string of the molecule is [C-]#[N+]c1cc(-n2c3ccccc3c3cc(C#N)ccc32)cc(-n2c3ccccc3c3cc4c(cc32)C(C)(C)c2ccccc2-4)c1. The van der Waals surface area contributed by atoms with E-state index in [9.17, 15) is 5.26 Å². The summed E-state index contributed by atoms with van der Waals surface area (Å²) in [5, 5.41) is 14.1. The monoisotopic (exact) mass is 574 g/mol. The highest BCUT2D eigenvalue weighted by molar-refractivity contribution is 6.12. The third-order valence-corrected chi connectivity index (χ3v) is 9.71. The number of hydrogen-bond acceptors (Lipinski definition) is 1. The molecule has 0 unspecified atom stereocenters. The van der Waals surface area contributed by atoms with Gasteiger partial charge in [-0.3, -0.25) is 0 Å². The van der Waals surface area contributed by atoms with Gasteiger partial charge in [0.25, 0.3) is 0 Å². The van der Waals surface area contributed by atoms with Crippen LogP contribution in [-0.4, -0.2) is 9.13 Å². The van der Waals surface area contributed by atoms with E-state index in [2.05, 4.69) is 113 Å². The first kappa shape index (κ1) is 25.4. The van der Waals surface area contributed by atoms with E-state index < -0.39 is 0 Å². The van der Waals surface area contributed by atoms with Gasteiger partial charge in [-0.05, 0) is 82.9 Å². The zero-order chi connectivity index (χ0) is 30.4. The largest absolute Gasteiger partial charge is 0.310 e. The summed E-state index contributed by atoms with van der Waals surface area (Å²) < 4.78 is 4.54. The molecule has 210 valence electrons. The first-order valence-electron chi connectivity index (χ1n) is 15.1. The minimum Gasteiger partial charge on any atom is -0.310 e. The van der Waals surface area contributed by atoms with Crippen LogP contribution in [0.2, 0.25) is 0 Å². The van der Waals surface area contributed by atoms with E-state index in [4.69, 9.17) is 6.57 Å². The van der Waals surface area contributed by atoms with Crippen molar-refractivity contribution in [3.8, 4) is 28.6 Å².